The molecule has 3 heterocycles. The van der Waals surface area contributed by atoms with Crippen LogP contribution in [0.3, 0.4) is 0 Å². The van der Waals surface area contributed by atoms with E-state index < -0.39 is 0 Å². The van der Waals surface area contributed by atoms with E-state index in [-0.39, 0.29) is 0 Å². The van der Waals surface area contributed by atoms with Gasteiger partial charge in [0.05, 0.1) is 5.69 Å². The molecule has 2 fully saturated rings. The molecular weight excluding hydrogens is 286 g/mol. The van der Waals surface area contributed by atoms with Crippen molar-refractivity contribution in [3.8, 4) is 0 Å². The Kier molecular flexibility index (Phi) is 5.90. The third kappa shape index (κ3) is 4.45. The fourth-order valence-corrected chi connectivity index (χ4v) is 3.74. The van der Waals surface area contributed by atoms with E-state index in [4.69, 9.17) is 4.74 Å². The van der Waals surface area contributed by atoms with E-state index in [0.29, 0.717) is 12.0 Å². The SMILES string of the molecule is CCC(C)c1cncc(NC2CCN(C3CCOCC3)CC2)c1. The lowest BCUT2D eigenvalue weighted by atomic mass is 9.98. The van der Waals surface area contributed by atoms with Crippen LogP contribution in [0.2, 0.25) is 0 Å². The van der Waals surface area contributed by atoms with Crippen molar-refractivity contribution < 1.29 is 4.74 Å². The Balaban J connectivity index is 1.50. The number of nitrogens with one attached hydrogen (secondary N) is 1. The Bertz CT molecular complexity index is 479. The summed E-state index contributed by atoms with van der Waals surface area (Å²) in [6, 6.07) is 3.62. The molecule has 1 aromatic heterocycles. The molecule has 0 bridgehead atoms. The molecule has 4 nitrogen and oxygen atoms in total. The summed E-state index contributed by atoms with van der Waals surface area (Å²) in [4.78, 5) is 7.10. The first-order chi connectivity index (χ1) is 11.3. The second-order valence-electron chi connectivity index (χ2n) is 7.11. The Morgan fingerprint density at radius 1 is 1.22 bits per heavy atom. The molecule has 1 unspecified atom stereocenters. The first-order valence-electron chi connectivity index (χ1n) is 9.29. The molecule has 1 N–H and O–H groups in total. The lowest BCUT2D eigenvalue weighted by molar-refractivity contribution is 0.0262. The van der Waals surface area contributed by atoms with Gasteiger partial charge in [0, 0.05) is 50.8 Å². The predicted molar refractivity (Wildman–Crippen MR) is 95.0 cm³/mol. The molecule has 0 aliphatic carbocycles. The summed E-state index contributed by atoms with van der Waals surface area (Å²) in [7, 11) is 0. The minimum atomic E-state index is 0.583. The summed E-state index contributed by atoms with van der Waals surface area (Å²) in [5, 5.41) is 3.71. The molecule has 0 spiro atoms. The molecule has 2 aliphatic rings. The number of hydrogen-bond donors (Lipinski definition) is 1. The molecule has 2 aliphatic heterocycles. The third-order valence-corrected chi connectivity index (χ3v) is 5.55. The van der Waals surface area contributed by atoms with E-state index in [1.54, 1.807) is 0 Å². The highest BCUT2D eigenvalue weighted by molar-refractivity contribution is 5.44. The Hall–Kier alpha value is -1.13. The summed E-state index contributed by atoms with van der Waals surface area (Å²) < 4.78 is 5.48. The summed E-state index contributed by atoms with van der Waals surface area (Å²) in [5.74, 6) is 0.583. The first-order valence-corrected chi connectivity index (χ1v) is 9.29. The van der Waals surface area contributed by atoms with Crippen LogP contribution in [0, 0.1) is 0 Å². The minimum Gasteiger partial charge on any atom is -0.381 e. The molecule has 0 aromatic carbocycles. The molecule has 1 aromatic rings. The van der Waals surface area contributed by atoms with Gasteiger partial charge in [-0.15, -0.1) is 0 Å². The van der Waals surface area contributed by atoms with E-state index in [1.165, 1.54) is 50.0 Å². The molecule has 3 rings (SSSR count). The number of hydrogen-bond acceptors (Lipinski definition) is 4. The first kappa shape index (κ1) is 16.7. The van der Waals surface area contributed by atoms with Crippen molar-refractivity contribution >= 4 is 5.69 Å². The number of ether oxygens (including phenoxy) is 1. The van der Waals surface area contributed by atoms with Crippen LogP contribution < -0.4 is 5.32 Å². The van der Waals surface area contributed by atoms with Gasteiger partial charge in [-0.05, 0) is 49.7 Å². The second-order valence-corrected chi connectivity index (χ2v) is 7.11. The van der Waals surface area contributed by atoms with Gasteiger partial charge in [0.2, 0.25) is 0 Å². The fraction of sp³-hybridized carbons (Fsp3) is 0.737. The zero-order chi connectivity index (χ0) is 16.1. The third-order valence-electron chi connectivity index (χ3n) is 5.55. The van der Waals surface area contributed by atoms with Crippen LogP contribution in [0.1, 0.15) is 57.4 Å². The van der Waals surface area contributed by atoms with E-state index in [1.807, 2.05) is 12.4 Å². The molecule has 4 heteroatoms. The minimum absolute atomic E-state index is 0.583. The van der Waals surface area contributed by atoms with Crippen LogP contribution in [-0.2, 0) is 4.74 Å². The van der Waals surface area contributed by atoms with Crippen molar-refractivity contribution in [2.45, 2.75) is 64.0 Å². The molecule has 2 saturated heterocycles. The van der Waals surface area contributed by atoms with Crippen molar-refractivity contribution in [2.75, 3.05) is 31.6 Å². The predicted octanol–water partition coefficient (Wildman–Crippen LogP) is 3.65. The number of aromatic nitrogens is 1. The Labute approximate surface area is 140 Å². The highest BCUT2D eigenvalue weighted by Gasteiger charge is 2.26. The molecular formula is C19H31N3O. The van der Waals surface area contributed by atoms with Crippen molar-refractivity contribution in [2.24, 2.45) is 0 Å². The zero-order valence-corrected chi connectivity index (χ0v) is 14.6. The summed E-state index contributed by atoms with van der Waals surface area (Å²) >= 11 is 0. The van der Waals surface area contributed by atoms with Gasteiger partial charge in [0.15, 0.2) is 0 Å². The van der Waals surface area contributed by atoms with Gasteiger partial charge >= 0.3 is 0 Å². The van der Waals surface area contributed by atoms with Gasteiger partial charge in [-0.25, -0.2) is 0 Å². The zero-order valence-electron chi connectivity index (χ0n) is 14.6. The highest BCUT2D eigenvalue weighted by atomic mass is 16.5. The maximum Gasteiger partial charge on any atom is 0.0531 e. The summed E-state index contributed by atoms with van der Waals surface area (Å²) in [6.45, 7) is 8.80. The largest absolute Gasteiger partial charge is 0.381 e. The lowest BCUT2D eigenvalue weighted by Crippen LogP contribution is -2.46. The number of likely N-dealkylation sites (tertiary alicyclic amines) is 1. The van der Waals surface area contributed by atoms with Crippen LogP contribution in [-0.4, -0.2) is 48.3 Å². The topological polar surface area (TPSA) is 37.4 Å². The average Bonchev–Trinajstić information content (AvgIpc) is 2.62. The Morgan fingerprint density at radius 2 is 1.96 bits per heavy atom. The average molecular weight is 317 g/mol. The normalized spacial score (nSPS) is 22.9. The number of rotatable bonds is 5. The van der Waals surface area contributed by atoms with Gasteiger partial charge in [-0.2, -0.15) is 0 Å². The number of pyridine rings is 1. The van der Waals surface area contributed by atoms with Crippen molar-refractivity contribution in [3.63, 3.8) is 0 Å². The van der Waals surface area contributed by atoms with Crippen LogP contribution in [0.4, 0.5) is 5.69 Å². The Morgan fingerprint density at radius 3 is 2.65 bits per heavy atom. The molecule has 128 valence electrons. The van der Waals surface area contributed by atoms with Crippen LogP contribution in [0.25, 0.3) is 0 Å². The number of piperidine rings is 1. The van der Waals surface area contributed by atoms with Crippen LogP contribution in [0.5, 0.6) is 0 Å². The van der Waals surface area contributed by atoms with E-state index in [2.05, 4.69) is 35.1 Å². The van der Waals surface area contributed by atoms with Gasteiger partial charge in [-0.3, -0.25) is 4.98 Å². The maximum absolute atomic E-state index is 5.48. The van der Waals surface area contributed by atoms with Crippen molar-refractivity contribution in [3.05, 3.63) is 24.0 Å². The molecule has 0 saturated carbocycles. The van der Waals surface area contributed by atoms with E-state index in [9.17, 15) is 0 Å². The molecule has 0 amide bonds. The molecule has 23 heavy (non-hydrogen) atoms. The second kappa shape index (κ2) is 8.11. The van der Waals surface area contributed by atoms with Gasteiger partial charge < -0.3 is 15.0 Å². The molecule has 1 atom stereocenters. The molecule has 0 radical (unpaired) electrons. The maximum atomic E-state index is 5.48. The van der Waals surface area contributed by atoms with Gasteiger partial charge in [0.1, 0.15) is 0 Å². The van der Waals surface area contributed by atoms with Gasteiger partial charge in [-0.1, -0.05) is 13.8 Å². The fourth-order valence-electron chi connectivity index (χ4n) is 3.74. The van der Waals surface area contributed by atoms with E-state index >= 15 is 0 Å². The standard InChI is InChI=1S/C19H31N3O/c1-3-15(2)16-12-18(14-20-13-16)21-17-4-8-22(9-5-17)19-6-10-23-11-7-19/h12-15,17,19,21H,3-11H2,1-2H3. The van der Waals surface area contributed by atoms with E-state index in [0.717, 1.165) is 25.7 Å². The highest BCUT2D eigenvalue weighted by Crippen LogP contribution is 2.24. The number of anilines is 1. The van der Waals surface area contributed by atoms with Crippen LogP contribution >= 0.6 is 0 Å². The van der Waals surface area contributed by atoms with Gasteiger partial charge in [0.25, 0.3) is 0 Å². The lowest BCUT2D eigenvalue weighted by Gasteiger charge is -2.39. The quantitative estimate of drug-likeness (QED) is 0.899. The monoisotopic (exact) mass is 317 g/mol. The smallest absolute Gasteiger partial charge is 0.0531 e. The summed E-state index contributed by atoms with van der Waals surface area (Å²) in [6.07, 6.45) is 10.0. The summed E-state index contributed by atoms with van der Waals surface area (Å²) in [5.41, 5.74) is 2.53. The van der Waals surface area contributed by atoms with Crippen molar-refractivity contribution in [1.82, 2.24) is 9.88 Å². The van der Waals surface area contributed by atoms with Crippen molar-refractivity contribution in [1.29, 1.82) is 0 Å². The number of nitrogens with zero attached hydrogens (tertiary/aromatic N) is 2. The van der Waals surface area contributed by atoms with Crippen LogP contribution in [0.15, 0.2) is 18.5 Å².